The number of aryl methyl sites for hydroxylation is 1. The summed E-state index contributed by atoms with van der Waals surface area (Å²) in [4.78, 5) is 11.8. The number of benzene rings is 1. The summed E-state index contributed by atoms with van der Waals surface area (Å²) in [5.41, 5.74) is 2.74. The van der Waals surface area contributed by atoms with Crippen molar-refractivity contribution in [3.8, 4) is 0 Å². The number of rotatable bonds is 7. The van der Waals surface area contributed by atoms with Crippen molar-refractivity contribution >= 4 is 11.6 Å². The summed E-state index contributed by atoms with van der Waals surface area (Å²) in [5.74, 6) is -0.0921. The monoisotopic (exact) mass is 284 g/mol. The zero-order valence-corrected chi connectivity index (χ0v) is 12.2. The molecule has 0 fully saturated rings. The first-order chi connectivity index (χ1) is 10.2. The predicted molar refractivity (Wildman–Crippen MR) is 84.2 cm³/mol. The molecular weight excluding hydrogens is 264 g/mol. The molecule has 0 saturated heterocycles. The lowest BCUT2D eigenvalue weighted by atomic mass is 10.2. The molecule has 0 spiro atoms. The van der Waals surface area contributed by atoms with Crippen molar-refractivity contribution < 1.29 is 4.79 Å². The number of aromatic nitrogens is 2. The van der Waals surface area contributed by atoms with Crippen LogP contribution in [-0.4, -0.2) is 22.2 Å². The Kier molecular flexibility index (Phi) is 5.15. The highest BCUT2D eigenvalue weighted by Gasteiger charge is 2.04. The van der Waals surface area contributed by atoms with E-state index in [1.165, 1.54) is 0 Å². The van der Waals surface area contributed by atoms with E-state index in [4.69, 9.17) is 0 Å². The molecule has 0 aliphatic rings. The van der Waals surface area contributed by atoms with Crippen molar-refractivity contribution in [2.24, 2.45) is 0 Å². The third-order valence-corrected chi connectivity index (χ3v) is 3.13. The summed E-state index contributed by atoms with van der Waals surface area (Å²) in [5, 5.41) is 10.3. The highest BCUT2D eigenvalue weighted by Crippen LogP contribution is 2.11. The second-order valence-corrected chi connectivity index (χ2v) is 4.57. The van der Waals surface area contributed by atoms with Crippen LogP contribution in [0.4, 0.5) is 5.69 Å². The van der Waals surface area contributed by atoms with Crippen molar-refractivity contribution in [3.05, 3.63) is 60.4 Å². The van der Waals surface area contributed by atoms with E-state index in [0.717, 1.165) is 17.9 Å². The molecule has 2 aromatic rings. The third-order valence-electron chi connectivity index (χ3n) is 3.13. The lowest BCUT2D eigenvalue weighted by molar-refractivity contribution is 0.0958. The van der Waals surface area contributed by atoms with Gasteiger partial charge >= 0.3 is 0 Å². The molecule has 2 N–H and O–H groups in total. The number of nitrogens with one attached hydrogen (secondary N) is 2. The SMILES string of the molecule is C=CCNC(=O)c1ccc(NCc2ccnn2CC)cc1. The van der Waals surface area contributed by atoms with Crippen LogP contribution >= 0.6 is 0 Å². The van der Waals surface area contributed by atoms with E-state index in [2.05, 4.69) is 29.2 Å². The Morgan fingerprint density at radius 1 is 1.33 bits per heavy atom. The van der Waals surface area contributed by atoms with Gasteiger partial charge in [0, 0.05) is 30.5 Å². The van der Waals surface area contributed by atoms with Gasteiger partial charge in [-0.25, -0.2) is 0 Å². The van der Waals surface area contributed by atoms with Crippen LogP contribution in [0.15, 0.2) is 49.2 Å². The number of hydrogen-bond donors (Lipinski definition) is 2. The van der Waals surface area contributed by atoms with E-state index in [0.29, 0.717) is 18.7 Å². The first-order valence-corrected chi connectivity index (χ1v) is 6.98. The zero-order chi connectivity index (χ0) is 15.1. The Morgan fingerprint density at radius 2 is 2.10 bits per heavy atom. The standard InChI is InChI=1S/C16H20N4O/c1-3-10-17-16(21)13-5-7-14(8-6-13)18-12-15-9-11-19-20(15)4-2/h3,5-9,11,18H,1,4,10,12H2,2H3,(H,17,21). The molecule has 0 bridgehead atoms. The molecule has 110 valence electrons. The second kappa shape index (κ2) is 7.28. The summed E-state index contributed by atoms with van der Waals surface area (Å²) < 4.78 is 1.95. The molecule has 0 atom stereocenters. The van der Waals surface area contributed by atoms with Crippen molar-refractivity contribution in [2.45, 2.75) is 20.0 Å². The smallest absolute Gasteiger partial charge is 0.251 e. The number of nitrogens with zero attached hydrogens (tertiary/aromatic N) is 2. The number of carbonyl (C=O) groups excluding carboxylic acids is 1. The van der Waals surface area contributed by atoms with Gasteiger partial charge in [0.15, 0.2) is 0 Å². The number of amides is 1. The number of carbonyl (C=O) groups is 1. The van der Waals surface area contributed by atoms with Crippen molar-refractivity contribution in [3.63, 3.8) is 0 Å². The van der Waals surface area contributed by atoms with Gasteiger partial charge in [0.05, 0.1) is 12.2 Å². The summed E-state index contributed by atoms with van der Waals surface area (Å²) in [6, 6.07) is 9.40. The normalized spacial score (nSPS) is 10.1. The summed E-state index contributed by atoms with van der Waals surface area (Å²) in [6.07, 6.45) is 3.46. The van der Waals surface area contributed by atoms with Crippen LogP contribution in [0.2, 0.25) is 0 Å². The molecule has 1 aromatic heterocycles. The maximum Gasteiger partial charge on any atom is 0.251 e. The molecule has 1 heterocycles. The van der Waals surface area contributed by atoms with Crippen LogP contribution in [0.1, 0.15) is 23.0 Å². The van der Waals surface area contributed by atoms with Gasteiger partial charge < -0.3 is 10.6 Å². The molecule has 0 unspecified atom stereocenters. The van der Waals surface area contributed by atoms with E-state index in [9.17, 15) is 4.79 Å². The predicted octanol–water partition coefficient (Wildman–Crippen LogP) is 2.43. The van der Waals surface area contributed by atoms with E-state index in [1.54, 1.807) is 24.4 Å². The minimum atomic E-state index is -0.0921. The lowest BCUT2D eigenvalue weighted by Crippen LogP contribution is -2.23. The largest absolute Gasteiger partial charge is 0.379 e. The molecule has 1 aromatic carbocycles. The van der Waals surface area contributed by atoms with Crippen LogP contribution in [-0.2, 0) is 13.1 Å². The molecule has 21 heavy (non-hydrogen) atoms. The quantitative estimate of drug-likeness (QED) is 0.768. The Hall–Kier alpha value is -2.56. The minimum absolute atomic E-state index is 0.0921. The summed E-state index contributed by atoms with van der Waals surface area (Å²) in [7, 11) is 0. The molecular formula is C16H20N4O. The third kappa shape index (κ3) is 3.95. The van der Waals surface area contributed by atoms with Gasteiger partial charge in [-0.05, 0) is 37.3 Å². The molecule has 5 nitrogen and oxygen atoms in total. The molecule has 2 rings (SSSR count). The molecule has 1 amide bonds. The van der Waals surface area contributed by atoms with Crippen molar-refractivity contribution in [1.82, 2.24) is 15.1 Å². The van der Waals surface area contributed by atoms with E-state index in [-0.39, 0.29) is 5.91 Å². The molecule has 0 aliphatic carbocycles. The molecule has 0 aliphatic heterocycles. The Balaban J connectivity index is 1.93. The fraction of sp³-hybridized carbons (Fsp3) is 0.250. The first-order valence-electron chi connectivity index (χ1n) is 6.98. The Bertz CT molecular complexity index is 601. The van der Waals surface area contributed by atoms with Gasteiger partial charge in [0.1, 0.15) is 0 Å². The average molecular weight is 284 g/mol. The van der Waals surface area contributed by atoms with Crippen LogP contribution in [0, 0.1) is 0 Å². The van der Waals surface area contributed by atoms with E-state index < -0.39 is 0 Å². The number of anilines is 1. The lowest BCUT2D eigenvalue weighted by Gasteiger charge is -2.09. The van der Waals surface area contributed by atoms with Gasteiger partial charge in [-0.3, -0.25) is 9.48 Å². The highest BCUT2D eigenvalue weighted by atomic mass is 16.1. The Morgan fingerprint density at radius 3 is 2.76 bits per heavy atom. The van der Waals surface area contributed by atoms with Gasteiger partial charge in [-0.2, -0.15) is 5.10 Å². The van der Waals surface area contributed by atoms with E-state index >= 15 is 0 Å². The van der Waals surface area contributed by atoms with Crippen LogP contribution in [0.5, 0.6) is 0 Å². The maximum atomic E-state index is 11.8. The topological polar surface area (TPSA) is 59.0 Å². The first kappa shape index (κ1) is 14.8. The minimum Gasteiger partial charge on any atom is -0.379 e. The zero-order valence-electron chi connectivity index (χ0n) is 12.2. The fourth-order valence-electron chi connectivity index (χ4n) is 1.99. The average Bonchev–Trinajstić information content (AvgIpc) is 2.98. The van der Waals surface area contributed by atoms with Crippen molar-refractivity contribution in [2.75, 3.05) is 11.9 Å². The maximum absolute atomic E-state index is 11.8. The summed E-state index contributed by atoms with van der Waals surface area (Å²) in [6.45, 7) is 7.66. The van der Waals surface area contributed by atoms with Gasteiger partial charge in [-0.15, -0.1) is 6.58 Å². The van der Waals surface area contributed by atoms with Crippen molar-refractivity contribution in [1.29, 1.82) is 0 Å². The van der Waals surface area contributed by atoms with E-state index in [1.807, 2.05) is 22.9 Å². The van der Waals surface area contributed by atoms with Crippen LogP contribution < -0.4 is 10.6 Å². The highest BCUT2D eigenvalue weighted by molar-refractivity contribution is 5.94. The molecule has 0 saturated carbocycles. The second-order valence-electron chi connectivity index (χ2n) is 4.57. The number of hydrogen-bond acceptors (Lipinski definition) is 3. The van der Waals surface area contributed by atoms with Gasteiger partial charge in [0.25, 0.3) is 5.91 Å². The molecule has 0 radical (unpaired) electrons. The van der Waals surface area contributed by atoms with Gasteiger partial charge in [-0.1, -0.05) is 6.08 Å². The fourth-order valence-corrected chi connectivity index (χ4v) is 1.99. The Labute approximate surface area is 124 Å². The summed E-state index contributed by atoms with van der Waals surface area (Å²) >= 11 is 0. The van der Waals surface area contributed by atoms with Crippen LogP contribution in [0.3, 0.4) is 0 Å². The molecule has 5 heteroatoms. The van der Waals surface area contributed by atoms with Gasteiger partial charge in [0.2, 0.25) is 0 Å². The van der Waals surface area contributed by atoms with Crippen LogP contribution in [0.25, 0.3) is 0 Å².